The van der Waals surface area contributed by atoms with Crippen molar-refractivity contribution < 1.29 is 19.1 Å². The lowest BCUT2D eigenvalue weighted by molar-refractivity contribution is -0.124. The number of carbonyl (C=O) groups is 3. The first-order chi connectivity index (χ1) is 13.0. The van der Waals surface area contributed by atoms with E-state index in [0.29, 0.717) is 16.3 Å². The SMILES string of the molecule is CCc1sc(C(=O)NNC(=O)CN2C(=O)CCOc3ccccc32)cc1C. The number of fused-ring (bicyclic) bond motifs is 1. The maximum Gasteiger partial charge on any atom is 0.279 e. The molecule has 2 heterocycles. The Balaban J connectivity index is 1.63. The van der Waals surface area contributed by atoms with E-state index in [1.165, 1.54) is 16.2 Å². The number of hydrogen-bond acceptors (Lipinski definition) is 5. The third-order valence-corrected chi connectivity index (χ3v) is 5.59. The van der Waals surface area contributed by atoms with Crippen LogP contribution in [0.15, 0.2) is 30.3 Å². The average molecular weight is 387 g/mol. The van der Waals surface area contributed by atoms with Crippen molar-refractivity contribution in [3.63, 3.8) is 0 Å². The third kappa shape index (κ3) is 4.28. The maximum absolute atomic E-state index is 12.3. The Labute approximate surface area is 161 Å². The van der Waals surface area contributed by atoms with E-state index in [4.69, 9.17) is 4.74 Å². The quantitative estimate of drug-likeness (QED) is 0.788. The fraction of sp³-hybridized carbons (Fsp3) is 0.316. The largest absolute Gasteiger partial charge is 0.491 e. The van der Waals surface area contributed by atoms with Crippen LogP contribution in [0.3, 0.4) is 0 Å². The minimum Gasteiger partial charge on any atom is -0.491 e. The monoisotopic (exact) mass is 387 g/mol. The molecule has 142 valence electrons. The van der Waals surface area contributed by atoms with E-state index >= 15 is 0 Å². The summed E-state index contributed by atoms with van der Waals surface area (Å²) in [5, 5.41) is 0. The van der Waals surface area contributed by atoms with E-state index in [1.807, 2.05) is 13.8 Å². The number of nitrogens with zero attached hydrogens (tertiary/aromatic N) is 1. The summed E-state index contributed by atoms with van der Waals surface area (Å²) in [6, 6.07) is 8.87. The van der Waals surface area contributed by atoms with Gasteiger partial charge in [0.05, 0.1) is 23.6 Å². The van der Waals surface area contributed by atoms with E-state index in [9.17, 15) is 14.4 Å². The number of nitrogens with one attached hydrogen (secondary N) is 2. The molecule has 7 nitrogen and oxygen atoms in total. The van der Waals surface area contributed by atoms with Crippen LogP contribution in [0.2, 0.25) is 0 Å². The van der Waals surface area contributed by atoms with Crippen LogP contribution < -0.4 is 20.5 Å². The predicted octanol–water partition coefficient (Wildman–Crippen LogP) is 2.20. The van der Waals surface area contributed by atoms with Gasteiger partial charge in [-0.25, -0.2) is 0 Å². The normalized spacial score (nSPS) is 13.4. The van der Waals surface area contributed by atoms with Gasteiger partial charge in [-0.15, -0.1) is 11.3 Å². The van der Waals surface area contributed by atoms with E-state index in [-0.39, 0.29) is 31.4 Å². The van der Waals surface area contributed by atoms with Crippen LogP contribution >= 0.6 is 11.3 Å². The molecule has 0 unspecified atom stereocenters. The summed E-state index contributed by atoms with van der Waals surface area (Å²) >= 11 is 1.40. The standard InChI is InChI=1S/C19H21N3O4S/c1-3-15-12(2)10-16(27-15)19(25)21-20-17(23)11-22-13-6-4-5-7-14(13)26-9-8-18(22)24/h4-7,10H,3,8-9,11H2,1-2H3,(H,20,23)(H,21,25). The maximum atomic E-state index is 12.3. The highest BCUT2D eigenvalue weighted by molar-refractivity contribution is 7.14. The number of rotatable bonds is 4. The van der Waals surface area contributed by atoms with Crippen LogP contribution in [-0.4, -0.2) is 30.9 Å². The van der Waals surface area contributed by atoms with Crippen molar-refractivity contribution >= 4 is 34.7 Å². The van der Waals surface area contributed by atoms with Gasteiger partial charge in [-0.2, -0.15) is 0 Å². The zero-order valence-electron chi connectivity index (χ0n) is 15.2. The van der Waals surface area contributed by atoms with Crippen LogP contribution in [0.25, 0.3) is 0 Å². The van der Waals surface area contributed by atoms with Gasteiger partial charge in [0, 0.05) is 4.88 Å². The summed E-state index contributed by atoms with van der Waals surface area (Å²) in [7, 11) is 0. The third-order valence-electron chi connectivity index (χ3n) is 4.21. The minimum absolute atomic E-state index is 0.183. The number of anilines is 1. The number of para-hydroxylation sites is 2. The minimum atomic E-state index is -0.489. The molecular weight excluding hydrogens is 366 g/mol. The van der Waals surface area contributed by atoms with E-state index in [0.717, 1.165) is 16.9 Å². The first-order valence-electron chi connectivity index (χ1n) is 8.70. The summed E-state index contributed by atoms with van der Waals surface area (Å²) in [6.07, 6.45) is 1.04. The Morgan fingerprint density at radius 3 is 2.78 bits per heavy atom. The number of hydrazine groups is 1. The van der Waals surface area contributed by atoms with Crippen molar-refractivity contribution in [3.05, 3.63) is 45.6 Å². The second-order valence-electron chi connectivity index (χ2n) is 6.12. The molecule has 1 aromatic heterocycles. The zero-order valence-corrected chi connectivity index (χ0v) is 16.0. The van der Waals surface area contributed by atoms with Gasteiger partial charge in [-0.3, -0.25) is 30.1 Å². The molecule has 0 saturated carbocycles. The zero-order chi connectivity index (χ0) is 19.4. The van der Waals surface area contributed by atoms with Crippen molar-refractivity contribution in [1.29, 1.82) is 0 Å². The van der Waals surface area contributed by atoms with Gasteiger partial charge in [0.2, 0.25) is 5.91 Å². The molecular formula is C19H21N3O4S. The second kappa shape index (κ2) is 8.22. The Morgan fingerprint density at radius 1 is 1.26 bits per heavy atom. The topological polar surface area (TPSA) is 87.7 Å². The number of hydrogen-bond donors (Lipinski definition) is 2. The molecule has 0 radical (unpaired) electrons. The average Bonchev–Trinajstić information content (AvgIpc) is 2.97. The Hall–Kier alpha value is -2.87. The lowest BCUT2D eigenvalue weighted by Crippen LogP contribution is -2.47. The number of aryl methyl sites for hydroxylation is 2. The van der Waals surface area contributed by atoms with Gasteiger partial charge in [-0.05, 0) is 37.1 Å². The van der Waals surface area contributed by atoms with E-state index < -0.39 is 5.91 Å². The van der Waals surface area contributed by atoms with Crippen molar-refractivity contribution in [2.45, 2.75) is 26.7 Å². The molecule has 1 aliphatic heterocycles. The number of amides is 3. The lowest BCUT2D eigenvalue weighted by atomic mass is 10.2. The van der Waals surface area contributed by atoms with Crippen molar-refractivity contribution in [3.8, 4) is 5.75 Å². The number of ether oxygens (including phenoxy) is 1. The summed E-state index contributed by atoms with van der Waals surface area (Å²) in [4.78, 5) is 39.9. The van der Waals surface area contributed by atoms with Crippen molar-refractivity contribution in [1.82, 2.24) is 10.9 Å². The van der Waals surface area contributed by atoms with Crippen molar-refractivity contribution in [2.24, 2.45) is 0 Å². The Morgan fingerprint density at radius 2 is 2.04 bits per heavy atom. The molecule has 3 amide bonds. The molecule has 1 aliphatic rings. The van der Waals surface area contributed by atoms with Crippen LogP contribution in [0, 0.1) is 6.92 Å². The molecule has 8 heteroatoms. The molecule has 27 heavy (non-hydrogen) atoms. The smallest absolute Gasteiger partial charge is 0.279 e. The Bertz CT molecular complexity index is 878. The van der Waals surface area contributed by atoms with Crippen molar-refractivity contribution in [2.75, 3.05) is 18.1 Å². The number of thiophene rings is 1. The molecule has 0 aliphatic carbocycles. The highest BCUT2D eigenvalue weighted by Gasteiger charge is 2.25. The van der Waals surface area contributed by atoms with E-state index in [1.54, 1.807) is 30.3 Å². The Kier molecular flexibility index (Phi) is 5.75. The highest BCUT2D eigenvalue weighted by atomic mass is 32.1. The predicted molar refractivity (Wildman–Crippen MR) is 103 cm³/mol. The van der Waals surface area contributed by atoms with Crippen LogP contribution in [0.1, 0.15) is 33.5 Å². The molecule has 1 aromatic carbocycles. The number of carbonyl (C=O) groups excluding carboxylic acids is 3. The van der Waals surface area contributed by atoms with Crippen LogP contribution in [0.5, 0.6) is 5.75 Å². The summed E-state index contributed by atoms with van der Waals surface area (Å²) in [5.74, 6) is -0.510. The molecule has 2 N–H and O–H groups in total. The van der Waals surface area contributed by atoms with Crippen LogP contribution in [-0.2, 0) is 16.0 Å². The molecule has 0 saturated heterocycles. The summed E-state index contributed by atoms with van der Waals surface area (Å²) < 4.78 is 5.55. The molecule has 0 bridgehead atoms. The van der Waals surface area contributed by atoms with E-state index in [2.05, 4.69) is 10.9 Å². The van der Waals surface area contributed by atoms with Gasteiger partial charge in [0.25, 0.3) is 11.8 Å². The summed E-state index contributed by atoms with van der Waals surface area (Å²) in [5.41, 5.74) is 6.40. The highest BCUT2D eigenvalue weighted by Crippen LogP contribution is 2.30. The first kappa shape index (κ1) is 18.9. The van der Waals surface area contributed by atoms with Gasteiger partial charge in [0.1, 0.15) is 12.3 Å². The lowest BCUT2D eigenvalue weighted by Gasteiger charge is -2.21. The fourth-order valence-electron chi connectivity index (χ4n) is 2.85. The molecule has 3 rings (SSSR count). The molecule has 0 spiro atoms. The first-order valence-corrected chi connectivity index (χ1v) is 9.52. The van der Waals surface area contributed by atoms with Gasteiger partial charge in [-0.1, -0.05) is 19.1 Å². The van der Waals surface area contributed by atoms with Crippen LogP contribution in [0.4, 0.5) is 5.69 Å². The molecule has 0 atom stereocenters. The van der Waals surface area contributed by atoms with Gasteiger partial charge in [0.15, 0.2) is 0 Å². The number of benzene rings is 1. The van der Waals surface area contributed by atoms with Gasteiger partial charge < -0.3 is 4.74 Å². The summed E-state index contributed by atoms with van der Waals surface area (Å²) in [6.45, 7) is 4.04. The fourth-order valence-corrected chi connectivity index (χ4v) is 3.86. The molecule has 0 fully saturated rings. The van der Waals surface area contributed by atoms with Gasteiger partial charge >= 0.3 is 0 Å². The molecule has 2 aromatic rings. The second-order valence-corrected chi connectivity index (χ2v) is 7.26.